The maximum atomic E-state index is 12.6. The second-order valence-corrected chi connectivity index (χ2v) is 7.69. The first kappa shape index (κ1) is 20.7. The molecular weight excluding hydrogens is 386 g/mol. The summed E-state index contributed by atoms with van der Waals surface area (Å²) in [7, 11) is 0. The Morgan fingerprint density at radius 1 is 1.10 bits per heavy atom. The predicted octanol–water partition coefficient (Wildman–Crippen LogP) is 3.99. The summed E-state index contributed by atoms with van der Waals surface area (Å²) >= 11 is 1.30. The number of Topliss-reactive ketones (excluding diaryl/α,β-unsaturated/α-hetero) is 1. The number of aromatic nitrogens is 4. The number of hydrogen-bond acceptors (Lipinski definition) is 6. The number of rotatable bonds is 8. The van der Waals surface area contributed by atoms with E-state index in [2.05, 4.69) is 20.8 Å². The van der Waals surface area contributed by atoms with Gasteiger partial charge in [0.15, 0.2) is 5.78 Å². The van der Waals surface area contributed by atoms with E-state index in [0.29, 0.717) is 22.8 Å². The third-order valence-electron chi connectivity index (χ3n) is 4.33. The summed E-state index contributed by atoms with van der Waals surface area (Å²) in [6, 6.07) is 13.0. The summed E-state index contributed by atoms with van der Waals surface area (Å²) in [5, 5.41) is 15.3. The molecule has 2 aromatic carbocycles. The Morgan fingerprint density at radius 3 is 2.59 bits per heavy atom. The van der Waals surface area contributed by atoms with Crippen LogP contribution in [0.25, 0.3) is 5.69 Å². The summed E-state index contributed by atoms with van der Waals surface area (Å²) in [4.78, 5) is 24.2. The molecule has 29 heavy (non-hydrogen) atoms. The zero-order valence-corrected chi connectivity index (χ0v) is 17.5. The zero-order valence-electron chi connectivity index (χ0n) is 16.7. The minimum Gasteiger partial charge on any atom is -0.326 e. The molecule has 1 aromatic heterocycles. The lowest BCUT2D eigenvalue weighted by Gasteiger charge is -2.08. The number of hydrogen-bond donors (Lipinski definition) is 1. The zero-order chi connectivity index (χ0) is 20.8. The van der Waals surface area contributed by atoms with Gasteiger partial charge in [0.2, 0.25) is 11.1 Å². The molecule has 3 aromatic rings. The maximum Gasteiger partial charge on any atom is 0.224 e. The van der Waals surface area contributed by atoms with Crippen molar-refractivity contribution in [2.75, 3.05) is 11.1 Å². The fourth-order valence-electron chi connectivity index (χ4n) is 2.77. The van der Waals surface area contributed by atoms with Crippen LogP contribution < -0.4 is 5.32 Å². The van der Waals surface area contributed by atoms with Crippen molar-refractivity contribution in [2.45, 2.75) is 38.8 Å². The molecule has 0 atom stereocenters. The monoisotopic (exact) mass is 409 g/mol. The van der Waals surface area contributed by atoms with Gasteiger partial charge < -0.3 is 5.32 Å². The molecule has 0 unspecified atom stereocenters. The van der Waals surface area contributed by atoms with Crippen LogP contribution in [0.4, 0.5) is 5.69 Å². The minimum absolute atomic E-state index is 0.0274. The molecule has 1 heterocycles. The van der Waals surface area contributed by atoms with E-state index < -0.39 is 0 Å². The highest BCUT2D eigenvalue weighted by atomic mass is 32.2. The van der Waals surface area contributed by atoms with E-state index in [-0.39, 0.29) is 17.4 Å². The highest BCUT2D eigenvalue weighted by Gasteiger charge is 2.14. The van der Waals surface area contributed by atoms with E-state index in [4.69, 9.17) is 0 Å². The van der Waals surface area contributed by atoms with E-state index in [1.54, 1.807) is 28.9 Å². The summed E-state index contributed by atoms with van der Waals surface area (Å²) in [6.45, 7) is 5.96. The Kier molecular flexibility index (Phi) is 6.77. The number of thioether (sulfide) groups is 1. The predicted molar refractivity (Wildman–Crippen MR) is 114 cm³/mol. The molecule has 0 fully saturated rings. The topological polar surface area (TPSA) is 89.8 Å². The quantitative estimate of drug-likeness (QED) is 0.447. The molecule has 7 nitrogen and oxygen atoms in total. The second kappa shape index (κ2) is 9.47. The Hall–Kier alpha value is -3.00. The first-order chi connectivity index (χ1) is 14.0. The number of aryl methyl sites for hydroxylation is 2. The first-order valence-corrected chi connectivity index (χ1v) is 10.4. The van der Waals surface area contributed by atoms with Crippen molar-refractivity contribution in [1.29, 1.82) is 0 Å². The van der Waals surface area contributed by atoms with Crippen LogP contribution in [0.15, 0.2) is 47.6 Å². The van der Waals surface area contributed by atoms with Gasteiger partial charge in [0.25, 0.3) is 0 Å². The maximum absolute atomic E-state index is 12.6. The Balaban J connectivity index is 1.65. The Labute approximate surface area is 173 Å². The number of nitrogens with zero attached hydrogens (tertiary/aromatic N) is 4. The van der Waals surface area contributed by atoms with Crippen LogP contribution in [-0.2, 0) is 4.79 Å². The van der Waals surface area contributed by atoms with Crippen molar-refractivity contribution in [3.05, 3.63) is 59.2 Å². The lowest BCUT2D eigenvalue weighted by Crippen LogP contribution is -2.11. The van der Waals surface area contributed by atoms with Crippen molar-refractivity contribution in [2.24, 2.45) is 0 Å². The fraction of sp³-hybridized carbons (Fsp3) is 0.286. The molecule has 1 N–H and O–H groups in total. The molecular formula is C21H23N5O2S. The van der Waals surface area contributed by atoms with E-state index >= 15 is 0 Å². The first-order valence-electron chi connectivity index (χ1n) is 9.40. The molecule has 0 saturated carbocycles. The number of nitrogens with one attached hydrogen (secondary N) is 1. The third-order valence-corrected chi connectivity index (χ3v) is 5.25. The SMILES string of the molecule is CCCC(=O)Nc1ccc(C(=O)CSc2nnnn2-c2cc(C)ccc2C)cc1. The lowest BCUT2D eigenvalue weighted by molar-refractivity contribution is -0.116. The van der Waals surface area contributed by atoms with Crippen LogP contribution in [0.2, 0.25) is 0 Å². The van der Waals surface area contributed by atoms with Crippen LogP contribution in [0.3, 0.4) is 0 Å². The molecule has 150 valence electrons. The van der Waals surface area contributed by atoms with E-state index in [1.165, 1.54) is 11.8 Å². The Morgan fingerprint density at radius 2 is 1.86 bits per heavy atom. The molecule has 0 bridgehead atoms. The minimum atomic E-state index is -0.0306. The summed E-state index contributed by atoms with van der Waals surface area (Å²) in [5.74, 6) is 0.157. The standard InChI is InChI=1S/C21H23N5O2S/c1-4-5-20(28)22-17-10-8-16(9-11-17)19(27)13-29-21-23-24-25-26(21)18-12-14(2)6-7-15(18)3/h6-12H,4-5,13H2,1-3H3,(H,22,28). The number of benzene rings is 2. The molecule has 8 heteroatoms. The number of carbonyl (C=O) groups is 2. The number of carbonyl (C=O) groups excluding carboxylic acids is 2. The smallest absolute Gasteiger partial charge is 0.224 e. The second-order valence-electron chi connectivity index (χ2n) is 6.75. The molecule has 1 amide bonds. The van der Waals surface area contributed by atoms with Gasteiger partial charge in [-0.25, -0.2) is 0 Å². The van der Waals surface area contributed by atoms with Gasteiger partial charge in [0.05, 0.1) is 11.4 Å². The fourth-order valence-corrected chi connectivity index (χ4v) is 3.55. The molecule has 0 aliphatic heterocycles. The molecule has 3 rings (SSSR count). The molecule has 0 saturated heterocycles. The van der Waals surface area contributed by atoms with E-state index in [1.807, 2.05) is 39.0 Å². The highest BCUT2D eigenvalue weighted by molar-refractivity contribution is 7.99. The van der Waals surface area contributed by atoms with Crippen molar-refractivity contribution >= 4 is 29.1 Å². The van der Waals surface area contributed by atoms with Gasteiger partial charge in [-0.05, 0) is 72.2 Å². The number of tetrazole rings is 1. The average molecular weight is 410 g/mol. The molecule has 0 aliphatic rings. The van der Waals surface area contributed by atoms with Crippen molar-refractivity contribution in [3.8, 4) is 5.69 Å². The van der Waals surface area contributed by atoms with Gasteiger partial charge in [-0.1, -0.05) is 30.8 Å². The van der Waals surface area contributed by atoms with Gasteiger partial charge in [-0.15, -0.1) is 5.10 Å². The number of amides is 1. The molecule has 0 spiro atoms. The Bertz CT molecular complexity index is 1010. The summed E-state index contributed by atoms with van der Waals surface area (Å²) < 4.78 is 1.66. The van der Waals surface area contributed by atoms with E-state index in [9.17, 15) is 9.59 Å². The van der Waals surface area contributed by atoms with Gasteiger partial charge in [0, 0.05) is 17.7 Å². The van der Waals surface area contributed by atoms with Crippen LogP contribution >= 0.6 is 11.8 Å². The van der Waals surface area contributed by atoms with Crippen molar-refractivity contribution in [1.82, 2.24) is 20.2 Å². The van der Waals surface area contributed by atoms with Crippen LogP contribution in [0.5, 0.6) is 0 Å². The van der Waals surface area contributed by atoms with Gasteiger partial charge >= 0.3 is 0 Å². The lowest BCUT2D eigenvalue weighted by atomic mass is 10.1. The van der Waals surface area contributed by atoms with Crippen LogP contribution in [0, 0.1) is 13.8 Å². The van der Waals surface area contributed by atoms with Gasteiger partial charge in [-0.2, -0.15) is 4.68 Å². The summed E-state index contributed by atoms with van der Waals surface area (Å²) in [6.07, 6.45) is 1.27. The van der Waals surface area contributed by atoms with Gasteiger partial charge in [-0.3, -0.25) is 9.59 Å². The van der Waals surface area contributed by atoms with Crippen LogP contribution in [-0.4, -0.2) is 37.7 Å². The highest BCUT2D eigenvalue weighted by Crippen LogP contribution is 2.22. The van der Waals surface area contributed by atoms with Crippen LogP contribution in [0.1, 0.15) is 41.3 Å². The normalized spacial score (nSPS) is 10.7. The molecule has 0 radical (unpaired) electrons. The van der Waals surface area contributed by atoms with E-state index in [0.717, 1.165) is 23.2 Å². The molecule has 0 aliphatic carbocycles. The summed E-state index contributed by atoms with van der Waals surface area (Å²) in [5.41, 5.74) is 4.33. The largest absolute Gasteiger partial charge is 0.326 e. The van der Waals surface area contributed by atoms with Crippen molar-refractivity contribution in [3.63, 3.8) is 0 Å². The van der Waals surface area contributed by atoms with Crippen molar-refractivity contribution < 1.29 is 9.59 Å². The average Bonchev–Trinajstić information content (AvgIpc) is 3.17. The third kappa shape index (κ3) is 5.29. The van der Waals surface area contributed by atoms with Gasteiger partial charge in [0.1, 0.15) is 0 Å². The number of ketones is 1. The number of anilines is 1.